The standard InChI is InChI=1S/C19H16N2OS/c1-13-7-2-5-12-17(13)20-19(22)21-18(23)16-11-6-9-14-8-3-4-10-15(14)16/h2-12H,1H3,(H2,20,21,22,23). The van der Waals surface area contributed by atoms with Crippen molar-refractivity contribution < 1.29 is 4.79 Å². The molecule has 23 heavy (non-hydrogen) atoms. The second-order valence-electron chi connectivity index (χ2n) is 5.25. The molecule has 3 aromatic rings. The number of hydrogen-bond acceptors (Lipinski definition) is 2. The lowest BCUT2D eigenvalue weighted by atomic mass is 10.0. The second kappa shape index (κ2) is 6.58. The molecule has 0 aliphatic carbocycles. The molecule has 114 valence electrons. The van der Waals surface area contributed by atoms with Crippen LogP contribution in [0, 0.1) is 6.92 Å². The Morgan fingerprint density at radius 2 is 1.61 bits per heavy atom. The number of nitrogens with one attached hydrogen (secondary N) is 2. The van der Waals surface area contributed by atoms with Crippen molar-refractivity contribution in [1.29, 1.82) is 0 Å². The molecule has 0 saturated heterocycles. The van der Waals surface area contributed by atoms with Gasteiger partial charge in [0.25, 0.3) is 0 Å². The highest BCUT2D eigenvalue weighted by Gasteiger charge is 2.10. The Labute approximate surface area is 140 Å². The van der Waals surface area contributed by atoms with E-state index in [0.717, 1.165) is 27.6 Å². The van der Waals surface area contributed by atoms with E-state index in [9.17, 15) is 4.79 Å². The van der Waals surface area contributed by atoms with Crippen LogP contribution in [-0.4, -0.2) is 11.0 Å². The summed E-state index contributed by atoms with van der Waals surface area (Å²) in [5.74, 6) is 0. The Kier molecular flexibility index (Phi) is 4.35. The molecule has 2 amide bonds. The number of hydrogen-bond donors (Lipinski definition) is 2. The van der Waals surface area contributed by atoms with Crippen LogP contribution in [0.4, 0.5) is 10.5 Å². The van der Waals surface area contributed by atoms with Gasteiger partial charge >= 0.3 is 6.03 Å². The summed E-state index contributed by atoms with van der Waals surface area (Å²) in [6, 6.07) is 21.1. The molecule has 0 spiro atoms. The van der Waals surface area contributed by atoms with E-state index in [4.69, 9.17) is 12.2 Å². The van der Waals surface area contributed by atoms with Gasteiger partial charge in [0, 0.05) is 11.3 Å². The van der Waals surface area contributed by atoms with Gasteiger partial charge in [-0.25, -0.2) is 4.79 Å². The SMILES string of the molecule is Cc1ccccc1NC(=O)NC(=S)c1cccc2ccccc12. The molecule has 3 aromatic carbocycles. The number of rotatable bonds is 2. The van der Waals surface area contributed by atoms with E-state index in [1.807, 2.05) is 73.7 Å². The largest absolute Gasteiger partial charge is 0.324 e. The van der Waals surface area contributed by atoms with Crippen molar-refractivity contribution in [3.63, 3.8) is 0 Å². The third-order valence-corrected chi connectivity index (χ3v) is 3.98. The third-order valence-electron chi connectivity index (χ3n) is 3.65. The van der Waals surface area contributed by atoms with Crippen molar-refractivity contribution in [2.24, 2.45) is 0 Å². The number of aryl methyl sites for hydroxylation is 1. The van der Waals surface area contributed by atoms with Gasteiger partial charge < -0.3 is 5.32 Å². The van der Waals surface area contributed by atoms with Crippen molar-refractivity contribution >= 4 is 39.7 Å². The van der Waals surface area contributed by atoms with Gasteiger partial charge in [-0.1, -0.05) is 72.9 Å². The fourth-order valence-electron chi connectivity index (χ4n) is 2.46. The maximum Gasteiger partial charge on any atom is 0.324 e. The van der Waals surface area contributed by atoms with Crippen LogP contribution in [0.5, 0.6) is 0 Å². The molecule has 0 heterocycles. The van der Waals surface area contributed by atoms with Crippen molar-refractivity contribution in [2.75, 3.05) is 5.32 Å². The number of benzene rings is 3. The zero-order valence-electron chi connectivity index (χ0n) is 12.7. The molecule has 0 aliphatic heterocycles. The lowest BCUT2D eigenvalue weighted by molar-refractivity contribution is 0.256. The highest BCUT2D eigenvalue weighted by Crippen LogP contribution is 2.19. The van der Waals surface area contributed by atoms with E-state index >= 15 is 0 Å². The van der Waals surface area contributed by atoms with Crippen LogP contribution in [0.2, 0.25) is 0 Å². The maximum absolute atomic E-state index is 12.2. The summed E-state index contributed by atoms with van der Waals surface area (Å²) in [7, 11) is 0. The molecule has 2 N–H and O–H groups in total. The molecule has 0 saturated carbocycles. The molecule has 0 atom stereocenters. The molecule has 0 unspecified atom stereocenters. The quantitative estimate of drug-likeness (QED) is 0.675. The first-order valence-electron chi connectivity index (χ1n) is 7.31. The number of amides is 2. The average Bonchev–Trinajstić information content (AvgIpc) is 2.56. The molecule has 0 bridgehead atoms. The lowest BCUT2D eigenvalue weighted by Gasteiger charge is -2.12. The Morgan fingerprint density at radius 3 is 2.43 bits per heavy atom. The fraction of sp³-hybridized carbons (Fsp3) is 0.0526. The number of urea groups is 1. The summed E-state index contributed by atoms with van der Waals surface area (Å²) in [5, 5.41) is 7.68. The van der Waals surface area contributed by atoms with Crippen LogP contribution in [0.15, 0.2) is 66.7 Å². The van der Waals surface area contributed by atoms with E-state index in [1.165, 1.54) is 0 Å². The summed E-state index contributed by atoms with van der Waals surface area (Å²) in [6.45, 7) is 1.94. The van der Waals surface area contributed by atoms with E-state index in [0.29, 0.717) is 4.99 Å². The average molecular weight is 320 g/mol. The zero-order valence-corrected chi connectivity index (χ0v) is 13.5. The first-order chi connectivity index (χ1) is 11.1. The number of fused-ring (bicyclic) bond motifs is 1. The lowest BCUT2D eigenvalue weighted by Crippen LogP contribution is -2.34. The highest BCUT2D eigenvalue weighted by molar-refractivity contribution is 7.80. The Balaban J connectivity index is 1.78. The van der Waals surface area contributed by atoms with Crippen LogP contribution in [-0.2, 0) is 0 Å². The van der Waals surface area contributed by atoms with Crippen molar-refractivity contribution in [3.8, 4) is 0 Å². The highest BCUT2D eigenvalue weighted by atomic mass is 32.1. The molecule has 3 nitrogen and oxygen atoms in total. The van der Waals surface area contributed by atoms with Gasteiger partial charge in [-0.15, -0.1) is 0 Å². The molecule has 0 fully saturated rings. The van der Waals surface area contributed by atoms with E-state index in [1.54, 1.807) is 0 Å². The summed E-state index contributed by atoms with van der Waals surface area (Å²) in [6.07, 6.45) is 0. The number of carbonyl (C=O) groups excluding carboxylic acids is 1. The van der Waals surface area contributed by atoms with Gasteiger partial charge in [0.2, 0.25) is 0 Å². The van der Waals surface area contributed by atoms with Gasteiger partial charge in [0.15, 0.2) is 0 Å². The molecule has 0 aliphatic rings. The van der Waals surface area contributed by atoms with Crippen LogP contribution < -0.4 is 10.6 Å². The first kappa shape index (κ1) is 15.2. The Hall–Kier alpha value is -2.72. The number of para-hydroxylation sites is 1. The van der Waals surface area contributed by atoms with Crippen LogP contribution >= 0.6 is 12.2 Å². The minimum absolute atomic E-state index is 0.336. The van der Waals surface area contributed by atoms with Crippen LogP contribution in [0.25, 0.3) is 10.8 Å². The zero-order chi connectivity index (χ0) is 16.2. The number of thiocarbonyl (C=S) groups is 1. The normalized spacial score (nSPS) is 10.3. The monoisotopic (exact) mass is 320 g/mol. The van der Waals surface area contributed by atoms with E-state index < -0.39 is 0 Å². The minimum Gasteiger partial charge on any atom is -0.307 e. The second-order valence-corrected chi connectivity index (χ2v) is 5.66. The number of anilines is 1. The van der Waals surface area contributed by atoms with Gasteiger partial charge in [0.1, 0.15) is 4.99 Å². The summed E-state index contributed by atoms with van der Waals surface area (Å²) in [4.78, 5) is 12.6. The molecule has 3 rings (SSSR count). The van der Waals surface area contributed by atoms with E-state index in [2.05, 4.69) is 10.6 Å². The number of carbonyl (C=O) groups is 1. The third kappa shape index (κ3) is 3.38. The molecular formula is C19H16N2OS. The van der Waals surface area contributed by atoms with Crippen LogP contribution in [0.1, 0.15) is 11.1 Å². The minimum atomic E-state index is -0.336. The fourth-order valence-corrected chi connectivity index (χ4v) is 2.73. The predicted octanol–water partition coefficient (Wildman–Crippen LogP) is 4.65. The predicted molar refractivity (Wildman–Crippen MR) is 99.0 cm³/mol. The van der Waals surface area contributed by atoms with Gasteiger partial charge in [-0.2, -0.15) is 0 Å². The van der Waals surface area contributed by atoms with Gasteiger partial charge in [-0.05, 0) is 29.3 Å². The summed E-state index contributed by atoms with van der Waals surface area (Å²) in [5.41, 5.74) is 2.61. The van der Waals surface area contributed by atoms with Gasteiger partial charge in [0.05, 0.1) is 0 Å². The van der Waals surface area contributed by atoms with Crippen LogP contribution in [0.3, 0.4) is 0 Å². The maximum atomic E-state index is 12.2. The molecule has 0 radical (unpaired) electrons. The summed E-state index contributed by atoms with van der Waals surface area (Å²) >= 11 is 5.40. The Bertz CT molecular complexity index is 884. The molecular weight excluding hydrogens is 304 g/mol. The smallest absolute Gasteiger partial charge is 0.307 e. The summed E-state index contributed by atoms with van der Waals surface area (Å²) < 4.78 is 0. The van der Waals surface area contributed by atoms with Crippen molar-refractivity contribution in [3.05, 3.63) is 77.9 Å². The van der Waals surface area contributed by atoms with E-state index in [-0.39, 0.29) is 6.03 Å². The molecule has 4 heteroatoms. The Morgan fingerprint density at radius 1 is 0.913 bits per heavy atom. The first-order valence-corrected chi connectivity index (χ1v) is 7.72. The van der Waals surface area contributed by atoms with Crippen molar-refractivity contribution in [2.45, 2.75) is 6.92 Å². The van der Waals surface area contributed by atoms with Gasteiger partial charge in [-0.3, -0.25) is 5.32 Å². The van der Waals surface area contributed by atoms with Crippen molar-refractivity contribution in [1.82, 2.24) is 5.32 Å². The topological polar surface area (TPSA) is 41.1 Å². The molecule has 0 aromatic heterocycles.